The van der Waals surface area contributed by atoms with Crippen LogP contribution in [0.4, 0.5) is 0 Å². The van der Waals surface area contributed by atoms with E-state index in [9.17, 15) is 9.90 Å². The van der Waals surface area contributed by atoms with Crippen LogP contribution in [0.2, 0.25) is 0 Å². The van der Waals surface area contributed by atoms with E-state index in [2.05, 4.69) is 34.6 Å². The SMILES string of the molecule is COc1ccccc1SC[C@@H]1C[C@H](c2ccc(CO)cc2)O[C@H](c2ccc(-c3ccccc3CNC(=O)c3cccnc3)cc2)O1. The zero-order valence-electron chi connectivity index (χ0n) is 25.5. The fourth-order valence-electron chi connectivity index (χ4n) is 5.49. The van der Waals surface area contributed by atoms with Gasteiger partial charge in [0.15, 0.2) is 6.29 Å². The van der Waals surface area contributed by atoms with Gasteiger partial charge >= 0.3 is 0 Å². The second kappa shape index (κ2) is 15.2. The number of methoxy groups -OCH3 is 1. The topological polar surface area (TPSA) is 89.9 Å². The molecule has 0 radical (unpaired) electrons. The number of benzene rings is 4. The maximum atomic E-state index is 12.6. The average Bonchev–Trinajstić information content (AvgIpc) is 3.13. The van der Waals surface area contributed by atoms with Crippen molar-refractivity contribution in [3.05, 3.63) is 149 Å². The molecule has 1 aromatic heterocycles. The smallest absolute Gasteiger partial charge is 0.253 e. The normalized spacial score (nSPS) is 17.7. The first-order chi connectivity index (χ1) is 22.6. The van der Waals surface area contributed by atoms with E-state index in [0.717, 1.165) is 49.8 Å². The molecule has 1 aliphatic rings. The third kappa shape index (κ3) is 7.66. The molecule has 1 fully saturated rings. The van der Waals surface area contributed by atoms with Crippen molar-refractivity contribution in [2.75, 3.05) is 12.9 Å². The first-order valence-corrected chi connectivity index (χ1v) is 16.2. The number of carbonyl (C=O) groups is 1. The van der Waals surface area contributed by atoms with Gasteiger partial charge in [0.2, 0.25) is 0 Å². The van der Waals surface area contributed by atoms with Crippen LogP contribution >= 0.6 is 11.8 Å². The molecule has 2 heterocycles. The van der Waals surface area contributed by atoms with Crippen molar-refractivity contribution in [2.45, 2.75) is 43.0 Å². The van der Waals surface area contributed by atoms with E-state index in [1.165, 1.54) is 0 Å². The summed E-state index contributed by atoms with van der Waals surface area (Å²) in [7, 11) is 1.69. The Labute approximate surface area is 273 Å². The van der Waals surface area contributed by atoms with Crippen molar-refractivity contribution in [1.29, 1.82) is 0 Å². The number of carbonyl (C=O) groups excluding carboxylic acids is 1. The van der Waals surface area contributed by atoms with E-state index in [0.29, 0.717) is 18.5 Å². The molecule has 4 aromatic carbocycles. The first-order valence-electron chi connectivity index (χ1n) is 15.2. The van der Waals surface area contributed by atoms with E-state index in [-0.39, 0.29) is 24.7 Å². The number of aliphatic hydroxyl groups is 1. The molecule has 8 heteroatoms. The van der Waals surface area contributed by atoms with Crippen LogP contribution in [0.1, 0.15) is 51.4 Å². The summed E-state index contributed by atoms with van der Waals surface area (Å²) in [5.41, 5.74) is 6.45. The number of para-hydroxylation sites is 1. The van der Waals surface area contributed by atoms with Gasteiger partial charge in [-0.1, -0.05) is 84.9 Å². The highest BCUT2D eigenvalue weighted by atomic mass is 32.2. The molecule has 3 atom stereocenters. The number of ether oxygens (including phenoxy) is 3. The van der Waals surface area contributed by atoms with Crippen LogP contribution in [-0.4, -0.2) is 35.0 Å². The van der Waals surface area contributed by atoms with Gasteiger partial charge in [-0.3, -0.25) is 9.78 Å². The largest absolute Gasteiger partial charge is 0.496 e. The molecule has 2 N–H and O–H groups in total. The van der Waals surface area contributed by atoms with Gasteiger partial charge in [0, 0.05) is 41.6 Å². The zero-order valence-corrected chi connectivity index (χ0v) is 26.4. The van der Waals surface area contributed by atoms with Gasteiger partial charge in [-0.25, -0.2) is 0 Å². The lowest BCUT2D eigenvalue weighted by Crippen LogP contribution is -2.31. The van der Waals surface area contributed by atoms with Crippen molar-refractivity contribution >= 4 is 17.7 Å². The summed E-state index contributed by atoms with van der Waals surface area (Å²) in [4.78, 5) is 17.7. The van der Waals surface area contributed by atoms with E-state index >= 15 is 0 Å². The van der Waals surface area contributed by atoms with Gasteiger partial charge < -0.3 is 24.6 Å². The number of amides is 1. The minimum Gasteiger partial charge on any atom is -0.496 e. The summed E-state index contributed by atoms with van der Waals surface area (Å²) in [6, 6.07) is 35.7. The fourth-order valence-corrected chi connectivity index (χ4v) is 6.54. The van der Waals surface area contributed by atoms with Crippen LogP contribution in [0.25, 0.3) is 11.1 Å². The Morgan fingerprint density at radius 2 is 1.67 bits per heavy atom. The van der Waals surface area contributed by atoms with Crippen molar-refractivity contribution in [2.24, 2.45) is 0 Å². The summed E-state index contributed by atoms with van der Waals surface area (Å²) in [6.45, 7) is 0.394. The summed E-state index contributed by atoms with van der Waals surface area (Å²) in [5.74, 6) is 1.42. The molecule has 234 valence electrons. The van der Waals surface area contributed by atoms with Crippen LogP contribution in [0.5, 0.6) is 5.75 Å². The Morgan fingerprint density at radius 3 is 2.43 bits per heavy atom. The number of nitrogens with one attached hydrogen (secondary N) is 1. The number of hydrogen-bond donors (Lipinski definition) is 2. The molecular weight excluding hydrogens is 596 g/mol. The van der Waals surface area contributed by atoms with Crippen LogP contribution < -0.4 is 10.1 Å². The standard InChI is InChI=1S/C38H36N2O5S/c1-43-34-10-4-5-11-36(34)46-25-32-21-35(28-14-12-26(24-41)13-15-28)45-38(44-32)29-18-16-27(17-19-29)33-9-3-2-7-30(33)23-40-37(42)31-8-6-20-39-22-31/h2-20,22,32,35,38,41H,21,23-25H2,1H3,(H,40,42)/t32-,35+,38+/m0/s1. The predicted octanol–water partition coefficient (Wildman–Crippen LogP) is 7.52. The Hall–Kier alpha value is -4.47. The summed E-state index contributed by atoms with van der Waals surface area (Å²) in [6.07, 6.45) is 3.12. The van der Waals surface area contributed by atoms with E-state index in [1.54, 1.807) is 43.4 Å². The monoisotopic (exact) mass is 632 g/mol. The highest BCUT2D eigenvalue weighted by Crippen LogP contribution is 2.41. The quantitative estimate of drug-likeness (QED) is 0.146. The third-order valence-corrected chi connectivity index (χ3v) is 9.17. The lowest BCUT2D eigenvalue weighted by atomic mass is 9.97. The third-order valence-electron chi connectivity index (χ3n) is 7.98. The molecule has 1 aliphatic heterocycles. The minimum atomic E-state index is -0.553. The summed E-state index contributed by atoms with van der Waals surface area (Å²) < 4.78 is 18.7. The van der Waals surface area contributed by atoms with Gasteiger partial charge in [0.25, 0.3) is 5.91 Å². The molecule has 1 amide bonds. The Kier molecular flexibility index (Phi) is 10.4. The van der Waals surface area contributed by atoms with Gasteiger partial charge in [-0.2, -0.15) is 0 Å². The molecule has 0 aliphatic carbocycles. The summed E-state index contributed by atoms with van der Waals surface area (Å²) >= 11 is 1.71. The number of rotatable bonds is 11. The van der Waals surface area contributed by atoms with Gasteiger partial charge in [0.1, 0.15) is 5.75 Å². The fraction of sp³-hybridized carbons (Fsp3) is 0.211. The minimum absolute atomic E-state index is 0.00205. The van der Waals surface area contributed by atoms with Crippen molar-refractivity contribution in [1.82, 2.24) is 10.3 Å². The van der Waals surface area contributed by atoms with Crippen LogP contribution in [0.3, 0.4) is 0 Å². The number of pyridine rings is 1. The summed E-state index contributed by atoms with van der Waals surface area (Å²) in [5, 5.41) is 12.5. The van der Waals surface area contributed by atoms with Crippen molar-refractivity contribution < 1.29 is 24.1 Å². The molecule has 0 spiro atoms. The van der Waals surface area contributed by atoms with E-state index < -0.39 is 6.29 Å². The average molecular weight is 633 g/mol. The molecule has 6 rings (SSSR count). The number of aliphatic hydroxyl groups excluding tert-OH is 1. The number of nitrogens with zero attached hydrogens (tertiary/aromatic N) is 1. The van der Waals surface area contributed by atoms with Crippen LogP contribution in [0.15, 0.2) is 126 Å². The molecular formula is C38H36N2O5S. The number of thioether (sulfide) groups is 1. The molecule has 1 saturated heterocycles. The van der Waals surface area contributed by atoms with Crippen molar-refractivity contribution in [3.8, 4) is 16.9 Å². The molecule has 5 aromatic rings. The second-order valence-electron chi connectivity index (χ2n) is 11.0. The molecule has 7 nitrogen and oxygen atoms in total. The van der Waals surface area contributed by atoms with Crippen LogP contribution in [-0.2, 0) is 22.6 Å². The van der Waals surface area contributed by atoms with E-state index in [4.69, 9.17) is 14.2 Å². The molecule has 0 saturated carbocycles. The Morgan fingerprint density at radius 1 is 0.913 bits per heavy atom. The second-order valence-corrected chi connectivity index (χ2v) is 12.1. The molecule has 0 bridgehead atoms. The van der Waals surface area contributed by atoms with E-state index in [1.807, 2.05) is 72.8 Å². The molecule has 0 unspecified atom stereocenters. The maximum absolute atomic E-state index is 12.6. The first kappa shape index (κ1) is 31.5. The maximum Gasteiger partial charge on any atom is 0.253 e. The Bertz CT molecular complexity index is 1730. The highest BCUT2D eigenvalue weighted by molar-refractivity contribution is 7.99. The predicted molar refractivity (Wildman–Crippen MR) is 179 cm³/mol. The Balaban J connectivity index is 1.19. The van der Waals surface area contributed by atoms with Crippen LogP contribution in [0, 0.1) is 0 Å². The van der Waals surface area contributed by atoms with Gasteiger partial charge in [-0.05, 0) is 52.1 Å². The van der Waals surface area contributed by atoms with Gasteiger partial charge in [0.05, 0.1) is 31.5 Å². The molecule has 46 heavy (non-hydrogen) atoms. The number of hydrogen-bond acceptors (Lipinski definition) is 7. The lowest BCUT2D eigenvalue weighted by Gasteiger charge is -2.36. The lowest BCUT2D eigenvalue weighted by molar-refractivity contribution is -0.245. The van der Waals surface area contributed by atoms with Gasteiger partial charge in [-0.15, -0.1) is 11.8 Å². The zero-order chi connectivity index (χ0) is 31.7. The van der Waals surface area contributed by atoms with Crippen molar-refractivity contribution in [3.63, 3.8) is 0 Å². The number of aromatic nitrogens is 1. The highest BCUT2D eigenvalue weighted by Gasteiger charge is 2.32.